The van der Waals surface area contributed by atoms with Crippen molar-refractivity contribution in [1.82, 2.24) is 15.0 Å². The average molecular weight is 260 g/mol. The third-order valence-corrected chi connectivity index (χ3v) is 3.89. The Labute approximate surface area is 111 Å². The summed E-state index contributed by atoms with van der Waals surface area (Å²) in [6.45, 7) is 3.86. The molecule has 1 aliphatic carbocycles. The summed E-state index contributed by atoms with van der Waals surface area (Å²) in [6, 6.07) is 4.14. The molecule has 0 radical (unpaired) electrons. The van der Waals surface area contributed by atoms with E-state index in [9.17, 15) is 0 Å². The quantitative estimate of drug-likeness (QED) is 0.738. The van der Waals surface area contributed by atoms with Gasteiger partial charge < -0.3 is 0 Å². The standard InChI is InChI=1S/C14H14ClN3/c1-8-12(17-9(2)18-14(8)15)11-6-5-10-4-3-7-16-13(10)11/h3-4,7,11H,5-6H2,1-2H3. The summed E-state index contributed by atoms with van der Waals surface area (Å²) in [6.07, 6.45) is 3.97. The van der Waals surface area contributed by atoms with Gasteiger partial charge in [0, 0.05) is 17.7 Å². The van der Waals surface area contributed by atoms with Crippen molar-refractivity contribution in [2.45, 2.75) is 32.6 Å². The van der Waals surface area contributed by atoms with E-state index in [2.05, 4.69) is 21.0 Å². The minimum absolute atomic E-state index is 0.264. The van der Waals surface area contributed by atoms with Gasteiger partial charge in [-0.3, -0.25) is 4.98 Å². The Balaban J connectivity index is 2.13. The van der Waals surface area contributed by atoms with Crippen LogP contribution >= 0.6 is 11.6 Å². The van der Waals surface area contributed by atoms with Crippen molar-refractivity contribution in [3.63, 3.8) is 0 Å². The van der Waals surface area contributed by atoms with Gasteiger partial charge >= 0.3 is 0 Å². The number of halogens is 1. The van der Waals surface area contributed by atoms with Crippen LogP contribution in [-0.2, 0) is 6.42 Å². The molecule has 0 saturated heterocycles. The number of aryl methyl sites for hydroxylation is 2. The fourth-order valence-corrected chi connectivity index (χ4v) is 2.85. The van der Waals surface area contributed by atoms with Crippen LogP contribution < -0.4 is 0 Å². The van der Waals surface area contributed by atoms with Crippen molar-refractivity contribution in [3.05, 3.63) is 51.8 Å². The second-order valence-corrected chi connectivity index (χ2v) is 5.07. The molecule has 3 nitrogen and oxygen atoms in total. The van der Waals surface area contributed by atoms with E-state index in [1.807, 2.05) is 26.1 Å². The highest BCUT2D eigenvalue weighted by atomic mass is 35.5. The Morgan fingerprint density at radius 3 is 2.89 bits per heavy atom. The maximum Gasteiger partial charge on any atom is 0.135 e. The summed E-state index contributed by atoms with van der Waals surface area (Å²) >= 11 is 6.15. The summed E-state index contributed by atoms with van der Waals surface area (Å²) in [5, 5.41) is 0.557. The topological polar surface area (TPSA) is 38.7 Å². The molecule has 92 valence electrons. The zero-order valence-electron chi connectivity index (χ0n) is 10.4. The molecule has 0 fully saturated rings. The van der Waals surface area contributed by atoms with Crippen LogP contribution in [-0.4, -0.2) is 15.0 Å². The lowest BCUT2D eigenvalue weighted by Gasteiger charge is -2.14. The van der Waals surface area contributed by atoms with E-state index in [0.29, 0.717) is 5.15 Å². The summed E-state index contributed by atoms with van der Waals surface area (Å²) in [5.74, 6) is 0.991. The Kier molecular flexibility index (Phi) is 2.78. The Hall–Kier alpha value is -1.48. The molecule has 0 spiro atoms. The first-order valence-electron chi connectivity index (χ1n) is 6.11. The molecule has 1 aliphatic rings. The predicted octanol–water partition coefficient (Wildman–Crippen LogP) is 3.22. The molecule has 0 aromatic carbocycles. The summed E-state index contributed by atoms with van der Waals surface area (Å²) in [5.41, 5.74) is 4.49. The van der Waals surface area contributed by atoms with E-state index < -0.39 is 0 Å². The zero-order valence-corrected chi connectivity index (χ0v) is 11.2. The first-order valence-corrected chi connectivity index (χ1v) is 6.49. The van der Waals surface area contributed by atoms with Crippen LogP contribution in [0.3, 0.4) is 0 Å². The lowest BCUT2D eigenvalue weighted by atomic mass is 9.99. The molecule has 1 unspecified atom stereocenters. The number of fused-ring (bicyclic) bond motifs is 1. The van der Waals surface area contributed by atoms with Gasteiger partial charge in [-0.05, 0) is 38.3 Å². The molecule has 18 heavy (non-hydrogen) atoms. The number of pyridine rings is 1. The number of aromatic nitrogens is 3. The van der Waals surface area contributed by atoms with Crippen molar-refractivity contribution in [3.8, 4) is 0 Å². The lowest BCUT2D eigenvalue weighted by molar-refractivity contribution is 0.728. The van der Waals surface area contributed by atoms with Gasteiger partial charge in [0.05, 0.1) is 11.4 Å². The van der Waals surface area contributed by atoms with Crippen LogP contribution in [0.15, 0.2) is 18.3 Å². The van der Waals surface area contributed by atoms with Crippen molar-refractivity contribution in [2.75, 3.05) is 0 Å². The van der Waals surface area contributed by atoms with Gasteiger partial charge in [0.25, 0.3) is 0 Å². The van der Waals surface area contributed by atoms with Crippen LogP contribution in [0.2, 0.25) is 5.15 Å². The fourth-order valence-electron chi connectivity index (χ4n) is 2.63. The van der Waals surface area contributed by atoms with Gasteiger partial charge in [0.1, 0.15) is 11.0 Å². The summed E-state index contributed by atoms with van der Waals surface area (Å²) in [7, 11) is 0. The van der Waals surface area contributed by atoms with Crippen LogP contribution in [0.25, 0.3) is 0 Å². The van der Waals surface area contributed by atoms with E-state index in [1.54, 1.807) is 0 Å². The van der Waals surface area contributed by atoms with Crippen molar-refractivity contribution in [1.29, 1.82) is 0 Å². The predicted molar refractivity (Wildman–Crippen MR) is 70.9 cm³/mol. The van der Waals surface area contributed by atoms with E-state index in [0.717, 1.165) is 35.6 Å². The normalized spacial score (nSPS) is 17.8. The van der Waals surface area contributed by atoms with Crippen LogP contribution in [0.4, 0.5) is 0 Å². The van der Waals surface area contributed by atoms with Crippen LogP contribution in [0.1, 0.15) is 40.7 Å². The molecule has 3 rings (SSSR count). The number of hydrogen-bond donors (Lipinski definition) is 0. The van der Waals surface area contributed by atoms with Crippen LogP contribution in [0, 0.1) is 13.8 Å². The molecule has 2 aromatic rings. The molecule has 0 bridgehead atoms. The molecule has 1 atom stereocenters. The molecule has 0 amide bonds. The molecule has 2 heterocycles. The maximum atomic E-state index is 6.15. The Morgan fingerprint density at radius 2 is 2.06 bits per heavy atom. The van der Waals surface area contributed by atoms with E-state index in [4.69, 9.17) is 11.6 Å². The largest absolute Gasteiger partial charge is 0.260 e. The molecular formula is C14H14ClN3. The summed E-state index contributed by atoms with van der Waals surface area (Å²) < 4.78 is 0. The van der Waals surface area contributed by atoms with Crippen molar-refractivity contribution in [2.24, 2.45) is 0 Å². The van der Waals surface area contributed by atoms with E-state index in [1.165, 1.54) is 5.56 Å². The third-order valence-electron chi connectivity index (χ3n) is 3.52. The number of hydrogen-bond acceptors (Lipinski definition) is 3. The SMILES string of the molecule is Cc1nc(Cl)c(C)c(C2CCc3cccnc32)n1. The third kappa shape index (κ3) is 1.79. The Bertz CT molecular complexity index is 610. The van der Waals surface area contributed by atoms with Crippen molar-refractivity contribution >= 4 is 11.6 Å². The fraction of sp³-hybridized carbons (Fsp3) is 0.357. The molecule has 0 saturated carbocycles. The highest BCUT2D eigenvalue weighted by molar-refractivity contribution is 6.30. The monoisotopic (exact) mass is 259 g/mol. The van der Waals surface area contributed by atoms with Crippen molar-refractivity contribution < 1.29 is 0 Å². The van der Waals surface area contributed by atoms with Crippen LogP contribution in [0.5, 0.6) is 0 Å². The number of rotatable bonds is 1. The first kappa shape index (κ1) is 11.6. The van der Waals surface area contributed by atoms with Gasteiger partial charge in [0.2, 0.25) is 0 Å². The Morgan fingerprint density at radius 1 is 1.22 bits per heavy atom. The first-order chi connectivity index (χ1) is 8.66. The lowest BCUT2D eigenvalue weighted by Crippen LogP contribution is -2.07. The smallest absolute Gasteiger partial charge is 0.135 e. The van der Waals surface area contributed by atoms with Gasteiger partial charge in [-0.1, -0.05) is 17.7 Å². The minimum Gasteiger partial charge on any atom is -0.260 e. The molecule has 0 aliphatic heterocycles. The zero-order chi connectivity index (χ0) is 12.7. The molecule has 0 N–H and O–H groups in total. The van der Waals surface area contributed by atoms with E-state index >= 15 is 0 Å². The highest BCUT2D eigenvalue weighted by Crippen LogP contribution is 2.37. The molecule has 2 aromatic heterocycles. The molecular weight excluding hydrogens is 246 g/mol. The van der Waals surface area contributed by atoms with Gasteiger partial charge in [0.15, 0.2) is 0 Å². The van der Waals surface area contributed by atoms with Gasteiger partial charge in [-0.15, -0.1) is 0 Å². The highest BCUT2D eigenvalue weighted by Gasteiger charge is 2.28. The van der Waals surface area contributed by atoms with Gasteiger partial charge in [-0.2, -0.15) is 0 Å². The van der Waals surface area contributed by atoms with E-state index in [-0.39, 0.29) is 5.92 Å². The minimum atomic E-state index is 0.264. The molecule has 4 heteroatoms. The van der Waals surface area contributed by atoms with Gasteiger partial charge in [-0.25, -0.2) is 9.97 Å². The maximum absolute atomic E-state index is 6.15. The number of nitrogens with zero attached hydrogens (tertiary/aromatic N) is 3. The second-order valence-electron chi connectivity index (χ2n) is 4.71. The average Bonchev–Trinajstić information content (AvgIpc) is 2.77. The second kappa shape index (κ2) is 4.32. The summed E-state index contributed by atoms with van der Waals surface area (Å²) in [4.78, 5) is 13.3.